The van der Waals surface area contributed by atoms with Gasteiger partial charge in [-0.2, -0.15) is 5.10 Å². The molecule has 26 heavy (non-hydrogen) atoms. The summed E-state index contributed by atoms with van der Waals surface area (Å²) in [5, 5.41) is 17.5. The molecule has 2 aromatic heterocycles. The molecule has 1 aromatic carbocycles. The Labute approximate surface area is 167 Å². The van der Waals surface area contributed by atoms with Crippen LogP contribution in [0.4, 0.5) is 0 Å². The fourth-order valence-corrected chi connectivity index (χ4v) is 4.27. The first-order valence-corrected chi connectivity index (χ1v) is 10.1. The highest BCUT2D eigenvalue weighted by atomic mass is 35.5. The normalized spacial score (nSPS) is 11.6. The second kappa shape index (κ2) is 8.40. The van der Waals surface area contributed by atoms with Crippen LogP contribution < -0.4 is 0 Å². The van der Waals surface area contributed by atoms with Crippen molar-refractivity contribution in [1.82, 2.24) is 9.78 Å². The number of allylic oxidation sites excluding steroid dienone is 1. The molecule has 3 aromatic rings. The molecule has 0 atom stereocenters. The van der Waals surface area contributed by atoms with Crippen molar-refractivity contribution < 1.29 is 5.11 Å². The van der Waals surface area contributed by atoms with Gasteiger partial charge in [-0.25, -0.2) is 4.68 Å². The Morgan fingerprint density at radius 1 is 1.27 bits per heavy atom. The zero-order valence-corrected chi connectivity index (χ0v) is 17.0. The van der Waals surface area contributed by atoms with Gasteiger partial charge in [-0.15, -0.1) is 11.3 Å². The molecule has 0 aliphatic heterocycles. The van der Waals surface area contributed by atoms with Gasteiger partial charge in [-0.1, -0.05) is 48.7 Å². The Balaban J connectivity index is 2.19. The number of aliphatic hydroxyl groups is 1. The van der Waals surface area contributed by atoms with E-state index in [0.717, 1.165) is 40.2 Å². The zero-order valence-electron chi connectivity index (χ0n) is 14.7. The number of rotatable bonds is 6. The van der Waals surface area contributed by atoms with Crippen LogP contribution in [0.25, 0.3) is 22.3 Å². The molecule has 3 rings (SSSR count). The van der Waals surface area contributed by atoms with Crippen molar-refractivity contribution in [2.24, 2.45) is 0 Å². The molecule has 0 fully saturated rings. The molecule has 136 valence electrons. The van der Waals surface area contributed by atoms with E-state index in [1.165, 1.54) is 0 Å². The first kappa shape index (κ1) is 19.2. The Hall–Kier alpha value is -1.59. The Morgan fingerprint density at radius 2 is 2.08 bits per heavy atom. The van der Waals surface area contributed by atoms with Gasteiger partial charge in [0.05, 0.1) is 33.6 Å². The molecule has 0 aliphatic carbocycles. The maximum Gasteiger partial charge on any atom is 0.0919 e. The first-order chi connectivity index (χ1) is 12.6. The van der Waals surface area contributed by atoms with Crippen LogP contribution in [0.5, 0.6) is 0 Å². The maximum absolute atomic E-state index is 9.72. The summed E-state index contributed by atoms with van der Waals surface area (Å²) in [4.78, 5) is 1.10. The van der Waals surface area contributed by atoms with Crippen molar-refractivity contribution in [2.45, 2.75) is 33.3 Å². The molecule has 1 N–H and O–H groups in total. The summed E-state index contributed by atoms with van der Waals surface area (Å²) in [5.41, 5.74) is 4.42. The van der Waals surface area contributed by atoms with Gasteiger partial charge in [0.1, 0.15) is 0 Å². The summed E-state index contributed by atoms with van der Waals surface area (Å²) in [6.45, 7) is 4.02. The van der Waals surface area contributed by atoms with Crippen molar-refractivity contribution in [1.29, 1.82) is 0 Å². The molecule has 0 saturated heterocycles. The van der Waals surface area contributed by atoms with Crippen molar-refractivity contribution in [3.63, 3.8) is 0 Å². The standard InChI is InChI=1S/C20H20Cl2N2OS/c1-3-4-5-6-14-9-10-26-20(14)19-13(2)17(12-25)23-24(19)18-8-7-15(21)11-16(18)22/h5-11,25H,3-4,12H2,1-2H3. The second-order valence-corrected chi connectivity index (χ2v) is 7.74. The third-order valence-corrected chi connectivity index (χ3v) is 5.65. The molecular formula is C20H20Cl2N2OS. The second-order valence-electron chi connectivity index (χ2n) is 5.98. The minimum Gasteiger partial charge on any atom is -0.390 e. The number of hydrogen-bond donors (Lipinski definition) is 1. The minimum absolute atomic E-state index is 0.122. The van der Waals surface area contributed by atoms with Gasteiger partial charge in [0, 0.05) is 10.6 Å². The van der Waals surface area contributed by atoms with E-state index in [1.54, 1.807) is 23.5 Å². The van der Waals surface area contributed by atoms with Crippen LogP contribution in [-0.4, -0.2) is 14.9 Å². The van der Waals surface area contributed by atoms with Gasteiger partial charge in [-0.3, -0.25) is 0 Å². The van der Waals surface area contributed by atoms with E-state index >= 15 is 0 Å². The molecule has 0 unspecified atom stereocenters. The lowest BCUT2D eigenvalue weighted by Crippen LogP contribution is -2.00. The number of benzene rings is 1. The number of aromatic nitrogens is 2. The van der Waals surface area contributed by atoms with Crippen LogP contribution >= 0.6 is 34.5 Å². The number of halogens is 2. The molecule has 0 aliphatic rings. The highest BCUT2D eigenvalue weighted by Gasteiger charge is 2.21. The number of nitrogens with zero attached hydrogens (tertiary/aromatic N) is 2. The molecule has 0 saturated carbocycles. The summed E-state index contributed by atoms with van der Waals surface area (Å²) in [5.74, 6) is 0. The molecule has 2 heterocycles. The summed E-state index contributed by atoms with van der Waals surface area (Å²) in [6.07, 6.45) is 6.48. The van der Waals surface area contributed by atoms with Crippen LogP contribution in [0.2, 0.25) is 10.0 Å². The van der Waals surface area contributed by atoms with E-state index in [9.17, 15) is 5.11 Å². The van der Waals surface area contributed by atoms with Gasteiger partial charge >= 0.3 is 0 Å². The third-order valence-electron chi connectivity index (χ3n) is 4.17. The first-order valence-electron chi connectivity index (χ1n) is 8.46. The van der Waals surface area contributed by atoms with Crippen molar-refractivity contribution >= 4 is 40.6 Å². The highest BCUT2D eigenvalue weighted by Crippen LogP contribution is 2.37. The Kier molecular flexibility index (Phi) is 6.20. The van der Waals surface area contributed by atoms with Crippen molar-refractivity contribution in [3.8, 4) is 16.3 Å². The van der Waals surface area contributed by atoms with Gasteiger partial charge in [-0.05, 0) is 48.6 Å². The van der Waals surface area contributed by atoms with E-state index in [1.807, 2.05) is 17.7 Å². The maximum atomic E-state index is 9.72. The number of hydrogen-bond acceptors (Lipinski definition) is 3. The van der Waals surface area contributed by atoms with Gasteiger partial charge in [0.15, 0.2) is 0 Å². The smallest absolute Gasteiger partial charge is 0.0919 e. The molecule has 3 nitrogen and oxygen atoms in total. The number of unbranched alkanes of at least 4 members (excludes halogenated alkanes) is 1. The van der Waals surface area contributed by atoms with E-state index < -0.39 is 0 Å². The average molecular weight is 407 g/mol. The summed E-state index contributed by atoms with van der Waals surface area (Å²) in [7, 11) is 0. The highest BCUT2D eigenvalue weighted by molar-refractivity contribution is 7.13. The number of aliphatic hydroxyl groups excluding tert-OH is 1. The predicted molar refractivity (Wildman–Crippen MR) is 111 cm³/mol. The van der Waals surface area contributed by atoms with Crippen LogP contribution in [-0.2, 0) is 6.61 Å². The van der Waals surface area contributed by atoms with Gasteiger partial charge in [0.25, 0.3) is 0 Å². The van der Waals surface area contributed by atoms with Crippen LogP contribution in [0.15, 0.2) is 35.7 Å². The number of thiophene rings is 1. The summed E-state index contributed by atoms with van der Waals surface area (Å²) in [6, 6.07) is 7.44. The summed E-state index contributed by atoms with van der Waals surface area (Å²) < 4.78 is 1.81. The molecule has 0 spiro atoms. The summed E-state index contributed by atoms with van der Waals surface area (Å²) >= 11 is 14.1. The third kappa shape index (κ3) is 3.74. The Bertz CT molecular complexity index is 943. The van der Waals surface area contributed by atoms with E-state index in [0.29, 0.717) is 15.7 Å². The lowest BCUT2D eigenvalue weighted by atomic mass is 10.1. The molecule has 0 amide bonds. The predicted octanol–water partition coefficient (Wildman–Crippen LogP) is 6.52. The molecule has 0 bridgehead atoms. The SMILES string of the molecule is CCCC=Cc1ccsc1-c1c(C)c(CO)nn1-c1ccc(Cl)cc1Cl. The zero-order chi connectivity index (χ0) is 18.7. The van der Waals surface area contributed by atoms with Crippen LogP contribution in [0.3, 0.4) is 0 Å². The fraction of sp³-hybridized carbons (Fsp3) is 0.250. The van der Waals surface area contributed by atoms with Gasteiger partial charge < -0.3 is 5.11 Å². The fourth-order valence-electron chi connectivity index (χ4n) is 2.81. The van der Waals surface area contributed by atoms with Crippen molar-refractivity contribution in [2.75, 3.05) is 0 Å². The van der Waals surface area contributed by atoms with E-state index in [-0.39, 0.29) is 6.61 Å². The minimum atomic E-state index is -0.122. The largest absolute Gasteiger partial charge is 0.390 e. The monoisotopic (exact) mass is 406 g/mol. The van der Waals surface area contributed by atoms with Gasteiger partial charge in [0.2, 0.25) is 0 Å². The molecule has 6 heteroatoms. The lowest BCUT2D eigenvalue weighted by molar-refractivity contribution is 0.275. The van der Waals surface area contributed by atoms with Crippen LogP contribution in [0.1, 0.15) is 36.6 Å². The lowest BCUT2D eigenvalue weighted by Gasteiger charge is -2.10. The molecule has 0 radical (unpaired) electrons. The Morgan fingerprint density at radius 3 is 2.77 bits per heavy atom. The van der Waals surface area contributed by atoms with Crippen LogP contribution in [0, 0.1) is 6.92 Å². The van der Waals surface area contributed by atoms with Crippen molar-refractivity contribution in [3.05, 3.63) is 62.6 Å². The topological polar surface area (TPSA) is 38.1 Å². The quantitative estimate of drug-likeness (QED) is 0.505. The molecular weight excluding hydrogens is 387 g/mol. The van der Waals surface area contributed by atoms with E-state index in [4.69, 9.17) is 23.2 Å². The van der Waals surface area contributed by atoms with E-state index in [2.05, 4.69) is 35.6 Å². The average Bonchev–Trinajstić information content (AvgIpc) is 3.19.